The highest BCUT2D eigenvalue weighted by atomic mass is 35.5. The Bertz CT molecular complexity index is 1340. The van der Waals surface area contributed by atoms with E-state index in [0.717, 1.165) is 4.88 Å². The molecule has 0 aliphatic carbocycles. The molecule has 1 aliphatic rings. The minimum Gasteiger partial charge on any atom is -0.507 e. The van der Waals surface area contributed by atoms with Crippen LogP contribution in [0.25, 0.3) is 6.08 Å². The van der Waals surface area contributed by atoms with Gasteiger partial charge in [0, 0.05) is 15.5 Å². The zero-order chi connectivity index (χ0) is 21.4. The predicted molar refractivity (Wildman–Crippen MR) is 118 cm³/mol. The van der Waals surface area contributed by atoms with Crippen LogP contribution in [0.3, 0.4) is 0 Å². The first kappa shape index (κ1) is 20.6. The molecule has 0 spiro atoms. The number of hydrogen-bond acceptors (Lipinski definition) is 7. The van der Waals surface area contributed by atoms with E-state index in [1.54, 1.807) is 32.1 Å². The lowest BCUT2D eigenvalue weighted by molar-refractivity contribution is -0.139. The Labute approximate surface area is 184 Å². The number of phenols is 1. The van der Waals surface area contributed by atoms with Crippen LogP contribution in [0.1, 0.15) is 30.3 Å². The van der Waals surface area contributed by atoms with Crippen molar-refractivity contribution in [2.24, 2.45) is 4.99 Å². The van der Waals surface area contributed by atoms with Crippen molar-refractivity contribution in [3.05, 3.63) is 82.1 Å². The molecule has 1 atom stereocenters. The van der Waals surface area contributed by atoms with Crippen molar-refractivity contribution in [1.82, 2.24) is 4.57 Å². The number of nitrogens with zero attached hydrogens (tertiary/aromatic N) is 2. The zero-order valence-corrected chi connectivity index (χ0v) is 18.5. The summed E-state index contributed by atoms with van der Waals surface area (Å²) >= 11 is 8.68. The number of allylic oxidation sites excluding steroid dienone is 1. The molecule has 0 unspecified atom stereocenters. The van der Waals surface area contributed by atoms with Gasteiger partial charge in [0.05, 0.1) is 22.4 Å². The monoisotopic (exact) mass is 460 g/mol. The van der Waals surface area contributed by atoms with Crippen LogP contribution in [-0.2, 0) is 9.53 Å². The van der Waals surface area contributed by atoms with E-state index in [9.17, 15) is 14.7 Å². The molecule has 3 aromatic rings. The summed E-state index contributed by atoms with van der Waals surface area (Å²) in [4.78, 5) is 31.9. The molecule has 0 fully saturated rings. The molecule has 1 N–H and O–H groups in total. The molecular formula is C21H17ClN2O4S2. The van der Waals surface area contributed by atoms with Crippen LogP contribution in [0.4, 0.5) is 0 Å². The number of carbonyl (C=O) groups excluding carboxylic acids is 1. The quantitative estimate of drug-likeness (QED) is 0.606. The molecule has 6 nitrogen and oxygen atoms in total. The largest absolute Gasteiger partial charge is 0.507 e. The number of hydrogen-bond donors (Lipinski definition) is 1. The van der Waals surface area contributed by atoms with E-state index < -0.39 is 12.0 Å². The number of fused-ring (bicyclic) bond motifs is 1. The van der Waals surface area contributed by atoms with Gasteiger partial charge in [-0.3, -0.25) is 9.36 Å². The van der Waals surface area contributed by atoms with Gasteiger partial charge in [-0.05, 0) is 49.6 Å². The fourth-order valence-corrected chi connectivity index (χ4v) is 5.33. The second-order valence-corrected chi connectivity index (χ2v) is 8.95. The second-order valence-electron chi connectivity index (χ2n) is 6.52. The van der Waals surface area contributed by atoms with Crippen molar-refractivity contribution in [1.29, 1.82) is 0 Å². The van der Waals surface area contributed by atoms with Gasteiger partial charge in [-0.1, -0.05) is 29.0 Å². The van der Waals surface area contributed by atoms with Crippen LogP contribution in [0.5, 0.6) is 5.75 Å². The zero-order valence-electron chi connectivity index (χ0n) is 16.1. The first-order valence-corrected chi connectivity index (χ1v) is 11.2. The maximum Gasteiger partial charge on any atom is 0.338 e. The maximum absolute atomic E-state index is 13.3. The average molecular weight is 461 g/mol. The SMILES string of the molecule is CCOC(=O)C1=C(C)N=c2s/c(=C\c3cc(Cl)ccc3O)c(=O)n2[C@@H]1c1cccs1. The summed E-state index contributed by atoms with van der Waals surface area (Å²) in [6.07, 6.45) is 1.58. The van der Waals surface area contributed by atoms with E-state index in [1.807, 2.05) is 17.5 Å². The molecule has 0 saturated heterocycles. The molecule has 0 bridgehead atoms. The molecule has 2 aromatic heterocycles. The van der Waals surface area contributed by atoms with Crippen molar-refractivity contribution in [2.45, 2.75) is 19.9 Å². The summed E-state index contributed by atoms with van der Waals surface area (Å²) in [5.41, 5.74) is 1.00. The van der Waals surface area contributed by atoms with Crippen LogP contribution < -0.4 is 14.9 Å². The number of aromatic hydroxyl groups is 1. The number of thiazole rings is 1. The third-order valence-electron chi connectivity index (χ3n) is 4.61. The lowest BCUT2D eigenvalue weighted by Gasteiger charge is -2.23. The minimum absolute atomic E-state index is 0.0171. The van der Waals surface area contributed by atoms with Gasteiger partial charge in [0.15, 0.2) is 4.80 Å². The van der Waals surface area contributed by atoms with E-state index in [-0.39, 0.29) is 17.9 Å². The Hall–Kier alpha value is -2.68. The second kappa shape index (κ2) is 8.22. The van der Waals surface area contributed by atoms with Crippen molar-refractivity contribution in [2.75, 3.05) is 6.61 Å². The number of aromatic nitrogens is 1. The molecule has 154 valence electrons. The summed E-state index contributed by atoms with van der Waals surface area (Å²) in [6.45, 7) is 3.71. The van der Waals surface area contributed by atoms with E-state index in [2.05, 4.69) is 4.99 Å². The number of phenolic OH excluding ortho intramolecular Hbond substituents is 1. The summed E-state index contributed by atoms with van der Waals surface area (Å²) in [5, 5.41) is 12.5. The molecule has 0 amide bonds. The van der Waals surface area contributed by atoms with Gasteiger partial charge in [-0.15, -0.1) is 11.3 Å². The van der Waals surface area contributed by atoms with Crippen LogP contribution in [0.2, 0.25) is 5.02 Å². The normalized spacial score (nSPS) is 16.4. The van der Waals surface area contributed by atoms with Gasteiger partial charge in [-0.25, -0.2) is 9.79 Å². The van der Waals surface area contributed by atoms with E-state index >= 15 is 0 Å². The number of esters is 1. The number of rotatable bonds is 4. The van der Waals surface area contributed by atoms with Gasteiger partial charge in [0.1, 0.15) is 11.8 Å². The highest BCUT2D eigenvalue weighted by molar-refractivity contribution is 7.10. The first-order valence-electron chi connectivity index (χ1n) is 9.12. The third-order valence-corrected chi connectivity index (χ3v) is 6.75. The Morgan fingerprint density at radius 3 is 2.90 bits per heavy atom. The number of benzene rings is 1. The van der Waals surface area contributed by atoms with Crippen molar-refractivity contribution >= 4 is 46.3 Å². The number of carbonyl (C=O) groups is 1. The minimum atomic E-state index is -0.615. The van der Waals surface area contributed by atoms with Gasteiger partial charge >= 0.3 is 5.97 Å². The van der Waals surface area contributed by atoms with Crippen LogP contribution in [0.15, 0.2) is 56.8 Å². The Morgan fingerprint density at radius 1 is 1.40 bits per heavy atom. The summed E-state index contributed by atoms with van der Waals surface area (Å²) in [6, 6.07) is 7.77. The average Bonchev–Trinajstić information content (AvgIpc) is 3.33. The maximum atomic E-state index is 13.3. The highest BCUT2D eigenvalue weighted by Crippen LogP contribution is 2.33. The van der Waals surface area contributed by atoms with E-state index in [1.165, 1.54) is 33.3 Å². The van der Waals surface area contributed by atoms with Gasteiger partial charge in [0.25, 0.3) is 5.56 Å². The molecule has 1 aliphatic heterocycles. The van der Waals surface area contributed by atoms with Crippen LogP contribution in [-0.4, -0.2) is 22.2 Å². The van der Waals surface area contributed by atoms with Gasteiger partial charge < -0.3 is 9.84 Å². The van der Waals surface area contributed by atoms with Gasteiger partial charge in [0.2, 0.25) is 0 Å². The van der Waals surface area contributed by atoms with Gasteiger partial charge in [-0.2, -0.15) is 0 Å². The molecule has 30 heavy (non-hydrogen) atoms. The smallest absolute Gasteiger partial charge is 0.338 e. The highest BCUT2D eigenvalue weighted by Gasteiger charge is 2.33. The Balaban J connectivity index is 1.96. The lowest BCUT2D eigenvalue weighted by Crippen LogP contribution is -2.39. The van der Waals surface area contributed by atoms with E-state index in [4.69, 9.17) is 16.3 Å². The number of ether oxygens (including phenoxy) is 1. The molecule has 0 saturated carbocycles. The Kier molecular flexibility index (Phi) is 5.64. The molecular weight excluding hydrogens is 444 g/mol. The fraction of sp³-hybridized carbons (Fsp3) is 0.190. The van der Waals surface area contributed by atoms with Crippen LogP contribution in [0, 0.1) is 0 Å². The van der Waals surface area contributed by atoms with Crippen LogP contribution >= 0.6 is 34.3 Å². The van der Waals surface area contributed by atoms with Crippen molar-refractivity contribution in [3.63, 3.8) is 0 Å². The third kappa shape index (κ3) is 3.62. The number of thiophene rings is 1. The topological polar surface area (TPSA) is 80.9 Å². The van der Waals surface area contributed by atoms with Crippen molar-refractivity contribution < 1.29 is 14.6 Å². The van der Waals surface area contributed by atoms with Crippen molar-refractivity contribution in [3.8, 4) is 5.75 Å². The standard InChI is InChI=1S/C21H17ClN2O4S2/c1-3-28-20(27)17-11(2)23-21-24(18(17)15-5-4-8-29-15)19(26)16(30-21)10-12-9-13(22)6-7-14(12)25/h4-10,18,25H,3H2,1-2H3/b16-10-/t18-/m1/s1. The Morgan fingerprint density at radius 2 is 2.20 bits per heavy atom. The molecule has 4 rings (SSSR count). The molecule has 1 aromatic carbocycles. The molecule has 9 heteroatoms. The first-order chi connectivity index (χ1) is 14.4. The fourth-order valence-electron chi connectivity index (χ4n) is 3.29. The summed E-state index contributed by atoms with van der Waals surface area (Å²) in [7, 11) is 0. The summed E-state index contributed by atoms with van der Waals surface area (Å²) < 4.78 is 7.14. The predicted octanol–water partition coefficient (Wildman–Crippen LogP) is 3.22. The molecule has 0 radical (unpaired) electrons. The molecule has 3 heterocycles. The lowest BCUT2D eigenvalue weighted by atomic mass is 10.0. The summed E-state index contributed by atoms with van der Waals surface area (Å²) in [5.74, 6) is -0.470. The number of halogens is 1. The van der Waals surface area contributed by atoms with E-state index in [0.29, 0.717) is 31.2 Å².